The number of nitrogens with one attached hydrogen (secondary N) is 2. The molecule has 0 saturated carbocycles. The van der Waals surface area contributed by atoms with E-state index < -0.39 is 46.4 Å². The van der Waals surface area contributed by atoms with Gasteiger partial charge in [0, 0.05) is 19.6 Å². The molecule has 0 atom stereocenters. The maximum Gasteiger partial charge on any atom is 0.339 e. The van der Waals surface area contributed by atoms with Crippen molar-refractivity contribution >= 4 is 33.9 Å². The Bertz CT molecular complexity index is 1000. The first-order chi connectivity index (χ1) is 16.1. The fraction of sp³-hybridized carbons (Fsp3) is 0.545. The third kappa shape index (κ3) is 7.52. The van der Waals surface area contributed by atoms with Crippen molar-refractivity contribution in [2.45, 2.75) is 38.0 Å². The predicted octanol–water partition coefficient (Wildman–Crippen LogP) is 1.29. The average molecular weight is 498 g/mol. The Morgan fingerprint density at radius 2 is 1.76 bits per heavy atom. The lowest BCUT2D eigenvalue weighted by molar-refractivity contribution is -0.153. The summed E-state index contributed by atoms with van der Waals surface area (Å²) in [6.45, 7) is 3.91. The number of methoxy groups -OCH3 is 1. The van der Waals surface area contributed by atoms with Crippen molar-refractivity contribution in [1.29, 1.82) is 0 Å². The highest BCUT2D eigenvalue weighted by molar-refractivity contribution is 7.89. The van der Waals surface area contributed by atoms with Crippen LogP contribution in [0.3, 0.4) is 0 Å². The highest BCUT2D eigenvalue weighted by Gasteiger charge is 2.35. The van der Waals surface area contributed by atoms with E-state index in [9.17, 15) is 27.6 Å². The summed E-state index contributed by atoms with van der Waals surface area (Å²) in [5.41, 5.74) is -0.0641. The number of sulfonamides is 1. The molecular formula is C22H31N3O8S. The highest BCUT2D eigenvalue weighted by Crippen LogP contribution is 2.26. The Morgan fingerprint density at radius 1 is 1.12 bits per heavy atom. The third-order valence-corrected chi connectivity index (χ3v) is 7.26. The molecule has 1 fully saturated rings. The van der Waals surface area contributed by atoms with Crippen LogP contribution in [0.5, 0.6) is 0 Å². The zero-order valence-corrected chi connectivity index (χ0v) is 20.4. The molecule has 0 aliphatic carbocycles. The second kappa shape index (κ2) is 12.5. The van der Waals surface area contributed by atoms with E-state index in [1.54, 1.807) is 6.07 Å². The molecule has 1 heterocycles. The third-order valence-electron chi connectivity index (χ3n) is 5.30. The first-order valence-electron chi connectivity index (χ1n) is 11.0. The van der Waals surface area contributed by atoms with Gasteiger partial charge in [0.15, 0.2) is 6.61 Å². The van der Waals surface area contributed by atoms with Gasteiger partial charge in [0.05, 0.1) is 23.5 Å². The van der Waals surface area contributed by atoms with Crippen molar-refractivity contribution in [3.8, 4) is 0 Å². The summed E-state index contributed by atoms with van der Waals surface area (Å²) in [4.78, 5) is 47.6. The number of piperidine rings is 1. The second-order valence-corrected chi connectivity index (χ2v) is 10.2. The van der Waals surface area contributed by atoms with Gasteiger partial charge < -0.3 is 14.8 Å². The fourth-order valence-electron chi connectivity index (χ4n) is 3.38. The number of hydrogen-bond donors (Lipinski definition) is 2. The topological polar surface area (TPSA) is 148 Å². The van der Waals surface area contributed by atoms with Crippen molar-refractivity contribution in [1.82, 2.24) is 14.9 Å². The van der Waals surface area contributed by atoms with Crippen molar-refractivity contribution < 1.29 is 37.1 Å². The van der Waals surface area contributed by atoms with E-state index in [1.165, 1.54) is 29.6 Å². The molecule has 0 unspecified atom stereocenters. The highest BCUT2D eigenvalue weighted by atomic mass is 32.2. The van der Waals surface area contributed by atoms with Gasteiger partial charge in [-0.3, -0.25) is 14.9 Å². The summed E-state index contributed by atoms with van der Waals surface area (Å²) in [5.74, 6) is -2.34. The van der Waals surface area contributed by atoms with Crippen LogP contribution in [-0.4, -0.2) is 70.0 Å². The van der Waals surface area contributed by atoms with E-state index in [2.05, 4.69) is 15.4 Å². The van der Waals surface area contributed by atoms with Gasteiger partial charge in [0.25, 0.3) is 5.91 Å². The number of benzene rings is 1. The van der Waals surface area contributed by atoms with Gasteiger partial charge in [-0.2, -0.15) is 4.31 Å². The summed E-state index contributed by atoms with van der Waals surface area (Å²) in [7, 11) is -2.81. The van der Waals surface area contributed by atoms with Crippen LogP contribution in [0.2, 0.25) is 0 Å². The van der Waals surface area contributed by atoms with Crippen LogP contribution in [-0.2, 0) is 29.1 Å². The zero-order chi connectivity index (χ0) is 25.3. The molecule has 1 aromatic rings. The lowest BCUT2D eigenvalue weighted by Crippen LogP contribution is -2.43. The molecule has 2 N–H and O–H groups in total. The summed E-state index contributed by atoms with van der Waals surface area (Å²) < 4.78 is 37.0. The number of carbonyl (C=O) groups excluding carboxylic acids is 4. The number of rotatable bonds is 9. The number of urea groups is 1. The van der Waals surface area contributed by atoms with Crippen LogP contribution in [0.25, 0.3) is 0 Å². The van der Waals surface area contributed by atoms with Gasteiger partial charge >= 0.3 is 18.0 Å². The molecule has 2 rings (SSSR count). The monoisotopic (exact) mass is 497 g/mol. The first kappa shape index (κ1) is 27.3. The van der Waals surface area contributed by atoms with Gasteiger partial charge in [-0.15, -0.1) is 0 Å². The smallest absolute Gasteiger partial charge is 0.339 e. The maximum atomic E-state index is 13.0. The molecular weight excluding hydrogens is 466 g/mol. The zero-order valence-electron chi connectivity index (χ0n) is 19.5. The number of nitrogens with zero attached hydrogens (tertiary/aromatic N) is 1. The minimum Gasteiger partial charge on any atom is -0.465 e. The molecule has 3 amide bonds. The molecule has 188 valence electrons. The number of carbonyl (C=O) groups is 4. The van der Waals surface area contributed by atoms with Gasteiger partial charge in [0.1, 0.15) is 0 Å². The predicted molar refractivity (Wildman–Crippen MR) is 121 cm³/mol. The Labute approximate surface area is 199 Å². The standard InChI is InChI=1S/C22H31N3O8S/c1-15(2)8-11-23-22(29)24-19(26)14-33-20(27)16-9-12-25(13-10-16)34(30,31)18-7-5-4-6-17(18)21(28)32-3/h4-7,15-16H,8-14H2,1-3H3,(H2,23,24,26,29). The molecule has 1 aromatic carbocycles. The first-order valence-corrected chi connectivity index (χ1v) is 12.4. The van der Waals surface area contributed by atoms with Crippen LogP contribution in [0.4, 0.5) is 4.79 Å². The number of amides is 3. The van der Waals surface area contributed by atoms with Crippen LogP contribution < -0.4 is 10.6 Å². The van der Waals surface area contributed by atoms with E-state index in [0.717, 1.165) is 6.42 Å². The van der Waals surface area contributed by atoms with Crippen LogP contribution in [0.1, 0.15) is 43.5 Å². The Kier molecular flexibility index (Phi) is 9.99. The summed E-state index contributed by atoms with van der Waals surface area (Å²) in [6.07, 6.45) is 1.14. The molecule has 34 heavy (non-hydrogen) atoms. The van der Waals surface area contributed by atoms with E-state index in [4.69, 9.17) is 4.74 Å². The van der Waals surface area contributed by atoms with Gasteiger partial charge in [-0.25, -0.2) is 18.0 Å². The Hall–Kier alpha value is -2.99. The fourth-order valence-corrected chi connectivity index (χ4v) is 5.03. The van der Waals surface area contributed by atoms with E-state index in [-0.39, 0.29) is 36.4 Å². The molecule has 1 aliphatic rings. The minimum absolute atomic E-state index is 0.0437. The normalized spacial score (nSPS) is 14.9. The molecule has 11 nitrogen and oxygen atoms in total. The van der Waals surface area contributed by atoms with E-state index >= 15 is 0 Å². The molecule has 1 aliphatic heterocycles. The van der Waals surface area contributed by atoms with Crippen LogP contribution >= 0.6 is 0 Å². The van der Waals surface area contributed by atoms with Gasteiger partial charge in [0.2, 0.25) is 10.0 Å². The number of imide groups is 1. The van der Waals surface area contributed by atoms with Gasteiger partial charge in [-0.05, 0) is 37.3 Å². The number of esters is 2. The van der Waals surface area contributed by atoms with Gasteiger partial charge in [-0.1, -0.05) is 26.0 Å². The summed E-state index contributed by atoms with van der Waals surface area (Å²) in [5, 5.41) is 4.62. The summed E-state index contributed by atoms with van der Waals surface area (Å²) >= 11 is 0. The molecule has 1 saturated heterocycles. The average Bonchev–Trinajstić information content (AvgIpc) is 2.81. The number of hydrogen-bond acceptors (Lipinski definition) is 8. The quantitative estimate of drug-likeness (QED) is 0.485. The molecule has 0 bridgehead atoms. The van der Waals surface area contributed by atoms with E-state index in [0.29, 0.717) is 12.5 Å². The Balaban J connectivity index is 1.84. The maximum absolute atomic E-state index is 13.0. The van der Waals surface area contributed by atoms with Crippen molar-refractivity contribution in [2.24, 2.45) is 11.8 Å². The molecule has 0 spiro atoms. The lowest BCUT2D eigenvalue weighted by atomic mass is 9.98. The second-order valence-electron chi connectivity index (χ2n) is 8.26. The molecule has 0 radical (unpaired) electrons. The Morgan fingerprint density at radius 3 is 2.38 bits per heavy atom. The van der Waals surface area contributed by atoms with Crippen molar-refractivity contribution in [3.63, 3.8) is 0 Å². The van der Waals surface area contributed by atoms with Crippen molar-refractivity contribution in [3.05, 3.63) is 29.8 Å². The largest absolute Gasteiger partial charge is 0.465 e. The van der Waals surface area contributed by atoms with Crippen LogP contribution in [0, 0.1) is 11.8 Å². The van der Waals surface area contributed by atoms with Crippen molar-refractivity contribution in [2.75, 3.05) is 33.4 Å². The molecule has 12 heteroatoms. The van der Waals surface area contributed by atoms with Crippen LogP contribution in [0.15, 0.2) is 29.2 Å². The van der Waals surface area contributed by atoms with E-state index in [1.807, 2.05) is 13.8 Å². The minimum atomic E-state index is -3.98. The molecule has 0 aromatic heterocycles. The SMILES string of the molecule is COC(=O)c1ccccc1S(=O)(=O)N1CCC(C(=O)OCC(=O)NC(=O)NCCC(C)C)CC1. The number of ether oxygens (including phenoxy) is 2. The lowest BCUT2D eigenvalue weighted by Gasteiger charge is -2.30. The summed E-state index contributed by atoms with van der Waals surface area (Å²) in [6, 6.07) is 5.10.